The van der Waals surface area contributed by atoms with Gasteiger partial charge in [-0.3, -0.25) is 0 Å². The molecule has 0 saturated heterocycles. The first-order chi connectivity index (χ1) is 6.84. The summed E-state index contributed by atoms with van der Waals surface area (Å²) >= 11 is 6.03. The van der Waals surface area contributed by atoms with Gasteiger partial charge < -0.3 is 5.32 Å². The summed E-state index contributed by atoms with van der Waals surface area (Å²) in [4.78, 5) is 0. The molecule has 0 spiro atoms. The van der Waals surface area contributed by atoms with Crippen LogP contribution in [-0.4, -0.2) is 6.54 Å². The lowest BCUT2D eigenvalue weighted by atomic mass is 9.74. The molecular formula is C12H14ClN. The van der Waals surface area contributed by atoms with Crippen LogP contribution in [0.25, 0.3) is 0 Å². The van der Waals surface area contributed by atoms with Gasteiger partial charge >= 0.3 is 0 Å². The minimum atomic E-state index is 0.720. The van der Waals surface area contributed by atoms with Crippen molar-refractivity contribution >= 4 is 17.3 Å². The molecule has 1 aliphatic carbocycles. The van der Waals surface area contributed by atoms with E-state index in [1.165, 1.54) is 30.5 Å². The zero-order chi connectivity index (χ0) is 9.54. The van der Waals surface area contributed by atoms with E-state index in [4.69, 9.17) is 11.6 Å². The summed E-state index contributed by atoms with van der Waals surface area (Å²) in [5.74, 6) is 1.62. The predicted molar refractivity (Wildman–Crippen MR) is 60.0 cm³/mol. The normalized spacial score (nSPS) is 25.4. The lowest BCUT2D eigenvalue weighted by molar-refractivity contribution is 0.272. The molecule has 1 N–H and O–H groups in total. The molecule has 1 fully saturated rings. The first-order valence-corrected chi connectivity index (χ1v) is 5.76. The number of anilines is 1. The molecule has 0 bridgehead atoms. The van der Waals surface area contributed by atoms with Gasteiger partial charge in [-0.2, -0.15) is 0 Å². The van der Waals surface area contributed by atoms with E-state index in [1.807, 2.05) is 6.07 Å². The number of rotatable bonds is 1. The molecule has 1 heterocycles. The molecule has 1 aromatic carbocycles. The molecule has 0 amide bonds. The summed E-state index contributed by atoms with van der Waals surface area (Å²) in [6.45, 7) is 1.11. The SMILES string of the molecule is Clc1ccc2c(c1)C(C1CCC1)CN2. The molecule has 1 atom stereocenters. The Labute approximate surface area is 89.5 Å². The van der Waals surface area contributed by atoms with Gasteiger partial charge in [-0.25, -0.2) is 0 Å². The zero-order valence-electron chi connectivity index (χ0n) is 8.09. The maximum absolute atomic E-state index is 6.03. The van der Waals surface area contributed by atoms with Crippen LogP contribution >= 0.6 is 11.6 Å². The molecule has 1 saturated carbocycles. The molecule has 0 aromatic heterocycles. The van der Waals surface area contributed by atoms with Crippen molar-refractivity contribution in [2.75, 3.05) is 11.9 Å². The molecule has 3 rings (SSSR count). The van der Waals surface area contributed by atoms with E-state index >= 15 is 0 Å². The van der Waals surface area contributed by atoms with Crippen molar-refractivity contribution in [3.05, 3.63) is 28.8 Å². The van der Waals surface area contributed by atoms with E-state index in [0.29, 0.717) is 0 Å². The second-order valence-corrected chi connectivity index (χ2v) is 4.85. The molecule has 1 unspecified atom stereocenters. The van der Waals surface area contributed by atoms with Crippen LogP contribution in [0.15, 0.2) is 18.2 Å². The van der Waals surface area contributed by atoms with E-state index in [1.54, 1.807) is 0 Å². The average Bonchev–Trinajstić information content (AvgIpc) is 2.46. The number of fused-ring (bicyclic) bond motifs is 1. The first-order valence-electron chi connectivity index (χ1n) is 5.38. The van der Waals surface area contributed by atoms with Crippen molar-refractivity contribution in [1.82, 2.24) is 0 Å². The standard InChI is InChI=1S/C12H14ClN/c13-9-4-5-12-10(6-9)11(7-14-12)8-2-1-3-8/h4-6,8,11,14H,1-3,7H2. The largest absolute Gasteiger partial charge is 0.384 e. The molecule has 0 radical (unpaired) electrons. The number of benzene rings is 1. The van der Waals surface area contributed by atoms with Gasteiger partial charge in [-0.1, -0.05) is 18.0 Å². The predicted octanol–water partition coefficient (Wildman–Crippen LogP) is 3.65. The van der Waals surface area contributed by atoms with Gasteiger partial charge in [0.2, 0.25) is 0 Å². The maximum Gasteiger partial charge on any atom is 0.0410 e. The van der Waals surface area contributed by atoms with Gasteiger partial charge in [0.25, 0.3) is 0 Å². The van der Waals surface area contributed by atoms with Crippen LogP contribution in [-0.2, 0) is 0 Å². The molecule has 1 aliphatic heterocycles. The monoisotopic (exact) mass is 207 g/mol. The number of hydrogen-bond donors (Lipinski definition) is 1. The van der Waals surface area contributed by atoms with E-state index < -0.39 is 0 Å². The Balaban J connectivity index is 1.95. The lowest BCUT2D eigenvalue weighted by Crippen LogP contribution is -2.21. The summed E-state index contributed by atoms with van der Waals surface area (Å²) < 4.78 is 0. The van der Waals surface area contributed by atoms with E-state index in [2.05, 4.69) is 17.4 Å². The van der Waals surface area contributed by atoms with Crippen molar-refractivity contribution in [2.45, 2.75) is 25.2 Å². The third-order valence-electron chi connectivity index (χ3n) is 3.64. The fourth-order valence-corrected chi connectivity index (χ4v) is 2.77. The van der Waals surface area contributed by atoms with E-state index in [9.17, 15) is 0 Å². The summed E-state index contributed by atoms with van der Waals surface area (Å²) in [6, 6.07) is 6.22. The molecular weight excluding hydrogens is 194 g/mol. The zero-order valence-corrected chi connectivity index (χ0v) is 8.85. The van der Waals surface area contributed by atoms with Crippen molar-refractivity contribution in [3.8, 4) is 0 Å². The number of hydrogen-bond acceptors (Lipinski definition) is 1. The Kier molecular flexibility index (Phi) is 1.94. The van der Waals surface area contributed by atoms with Crippen LogP contribution in [0.4, 0.5) is 5.69 Å². The summed E-state index contributed by atoms with van der Waals surface area (Å²) in [5, 5.41) is 4.34. The highest BCUT2D eigenvalue weighted by molar-refractivity contribution is 6.30. The minimum absolute atomic E-state index is 0.720. The molecule has 14 heavy (non-hydrogen) atoms. The van der Waals surface area contributed by atoms with Crippen LogP contribution in [0, 0.1) is 5.92 Å². The molecule has 2 heteroatoms. The van der Waals surface area contributed by atoms with Crippen LogP contribution in [0.3, 0.4) is 0 Å². The Morgan fingerprint density at radius 1 is 1.29 bits per heavy atom. The van der Waals surface area contributed by atoms with Gasteiger partial charge in [0.05, 0.1) is 0 Å². The van der Waals surface area contributed by atoms with Crippen molar-refractivity contribution in [2.24, 2.45) is 5.92 Å². The maximum atomic E-state index is 6.03. The number of nitrogens with one attached hydrogen (secondary N) is 1. The van der Waals surface area contributed by atoms with Crippen LogP contribution in [0.1, 0.15) is 30.7 Å². The Morgan fingerprint density at radius 3 is 2.86 bits per heavy atom. The molecule has 74 valence electrons. The minimum Gasteiger partial charge on any atom is -0.384 e. The van der Waals surface area contributed by atoms with Gasteiger partial charge in [0.15, 0.2) is 0 Å². The first kappa shape index (κ1) is 8.60. The third-order valence-corrected chi connectivity index (χ3v) is 3.88. The molecule has 2 aliphatic rings. The van der Waals surface area contributed by atoms with Gasteiger partial charge in [0.1, 0.15) is 0 Å². The second-order valence-electron chi connectivity index (χ2n) is 4.41. The smallest absolute Gasteiger partial charge is 0.0410 e. The van der Waals surface area contributed by atoms with Gasteiger partial charge in [-0.05, 0) is 42.5 Å². The lowest BCUT2D eigenvalue weighted by Gasteiger charge is -2.31. The van der Waals surface area contributed by atoms with Crippen LogP contribution < -0.4 is 5.32 Å². The Hall–Kier alpha value is -0.690. The fraction of sp³-hybridized carbons (Fsp3) is 0.500. The highest BCUT2D eigenvalue weighted by Crippen LogP contribution is 2.45. The average molecular weight is 208 g/mol. The second kappa shape index (κ2) is 3.16. The number of halogens is 1. The Bertz CT molecular complexity index is 357. The fourth-order valence-electron chi connectivity index (χ4n) is 2.59. The van der Waals surface area contributed by atoms with Crippen molar-refractivity contribution in [1.29, 1.82) is 0 Å². The molecule has 1 aromatic rings. The van der Waals surface area contributed by atoms with E-state index in [-0.39, 0.29) is 0 Å². The topological polar surface area (TPSA) is 12.0 Å². The summed E-state index contributed by atoms with van der Waals surface area (Å²) in [5.41, 5.74) is 2.74. The molecule has 1 nitrogen and oxygen atoms in total. The van der Waals surface area contributed by atoms with Crippen LogP contribution in [0.2, 0.25) is 5.02 Å². The quantitative estimate of drug-likeness (QED) is 0.742. The summed E-state index contributed by atoms with van der Waals surface area (Å²) in [6.07, 6.45) is 4.22. The summed E-state index contributed by atoms with van der Waals surface area (Å²) in [7, 11) is 0. The van der Waals surface area contributed by atoms with Gasteiger partial charge in [0, 0.05) is 23.2 Å². The Morgan fingerprint density at radius 2 is 2.14 bits per heavy atom. The third kappa shape index (κ3) is 1.23. The van der Waals surface area contributed by atoms with Crippen LogP contribution in [0.5, 0.6) is 0 Å². The van der Waals surface area contributed by atoms with E-state index in [0.717, 1.165) is 23.4 Å². The van der Waals surface area contributed by atoms with Crippen molar-refractivity contribution in [3.63, 3.8) is 0 Å². The highest BCUT2D eigenvalue weighted by Gasteiger charge is 2.33. The van der Waals surface area contributed by atoms with Crippen molar-refractivity contribution < 1.29 is 0 Å². The highest BCUT2D eigenvalue weighted by atomic mass is 35.5. The van der Waals surface area contributed by atoms with Gasteiger partial charge in [-0.15, -0.1) is 0 Å².